The maximum Gasteiger partial charge on any atom is 0.248 e. The Morgan fingerprint density at radius 2 is 2.05 bits per heavy atom. The van der Waals surface area contributed by atoms with E-state index in [1.807, 2.05) is 26.0 Å². The second-order valence-corrected chi connectivity index (χ2v) is 4.66. The minimum atomic E-state index is -0.135. The fourth-order valence-electron chi connectivity index (χ4n) is 2.41. The van der Waals surface area contributed by atoms with E-state index in [0.29, 0.717) is 5.75 Å². The molecule has 5 nitrogen and oxygen atoms in total. The van der Waals surface area contributed by atoms with Crippen LogP contribution >= 0.6 is 0 Å². The highest BCUT2D eigenvalue weighted by Gasteiger charge is 2.16. The van der Waals surface area contributed by atoms with Crippen molar-refractivity contribution in [3.63, 3.8) is 0 Å². The Morgan fingerprint density at radius 1 is 1.25 bits per heavy atom. The summed E-state index contributed by atoms with van der Waals surface area (Å²) < 4.78 is 10.7. The zero-order valence-corrected chi connectivity index (χ0v) is 11.5. The van der Waals surface area contributed by atoms with Gasteiger partial charge in [-0.05, 0) is 31.4 Å². The molecule has 0 aliphatic carbocycles. The molecule has 3 aromatic rings. The van der Waals surface area contributed by atoms with E-state index in [1.54, 1.807) is 13.2 Å². The van der Waals surface area contributed by atoms with Gasteiger partial charge in [0.15, 0.2) is 0 Å². The number of aryl methyl sites for hydroxylation is 2. The van der Waals surface area contributed by atoms with Crippen molar-refractivity contribution in [3.05, 3.63) is 46.1 Å². The summed E-state index contributed by atoms with van der Waals surface area (Å²) in [4.78, 5) is 14.2. The number of hydrogen-bond donors (Lipinski definition) is 1. The average Bonchev–Trinajstić information content (AvgIpc) is 2.76. The third-order valence-electron chi connectivity index (χ3n) is 3.35. The molecule has 0 aliphatic heterocycles. The monoisotopic (exact) mass is 270 g/mol. The first-order valence-electron chi connectivity index (χ1n) is 6.24. The molecule has 0 fully saturated rings. The molecule has 20 heavy (non-hydrogen) atoms. The van der Waals surface area contributed by atoms with Crippen molar-refractivity contribution in [1.82, 2.24) is 10.1 Å². The molecular weight excluding hydrogens is 256 g/mol. The van der Waals surface area contributed by atoms with Gasteiger partial charge in [0.1, 0.15) is 11.5 Å². The Labute approximate surface area is 115 Å². The van der Waals surface area contributed by atoms with Crippen molar-refractivity contribution in [2.24, 2.45) is 0 Å². The van der Waals surface area contributed by atoms with Gasteiger partial charge in [0.2, 0.25) is 5.56 Å². The number of rotatable bonds is 2. The van der Waals surface area contributed by atoms with Gasteiger partial charge >= 0.3 is 0 Å². The van der Waals surface area contributed by atoms with Gasteiger partial charge in [-0.1, -0.05) is 5.16 Å². The number of methoxy groups -OCH3 is 1. The Balaban J connectivity index is 2.35. The lowest BCUT2D eigenvalue weighted by molar-refractivity contribution is 0.393. The Hall–Kier alpha value is -2.56. The predicted molar refractivity (Wildman–Crippen MR) is 76.1 cm³/mol. The highest BCUT2D eigenvalue weighted by molar-refractivity contribution is 5.89. The molecule has 2 aromatic heterocycles. The summed E-state index contributed by atoms with van der Waals surface area (Å²) in [5.74, 6) is 1.42. The predicted octanol–water partition coefficient (Wildman–Crippen LogP) is 2.81. The maximum absolute atomic E-state index is 11.4. The third kappa shape index (κ3) is 1.87. The molecule has 0 unspecified atom stereocenters. The minimum Gasteiger partial charge on any atom is -0.496 e. The molecule has 0 spiro atoms. The van der Waals surface area contributed by atoms with Gasteiger partial charge in [-0.2, -0.15) is 0 Å². The number of hydrogen-bond acceptors (Lipinski definition) is 4. The fourth-order valence-corrected chi connectivity index (χ4v) is 2.41. The van der Waals surface area contributed by atoms with Crippen LogP contribution in [0.5, 0.6) is 5.75 Å². The van der Waals surface area contributed by atoms with E-state index >= 15 is 0 Å². The van der Waals surface area contributed by atoms with Gasteiger partial charge in [-0.3, -0.25) is 4.79 Å². The van der Waals surface area contributed by atoms with E-state index in [1.165, 1.54) is 6.07 Å². The number of nitrogens with zero attached hydrogens (tertiary/aromatic N) is 1. The number of nitrogens with one attached hydrogen (secondary N) is 1. The van der Waals surface area contributed by atoms with Crippen LogP contribution in [-0.2, 0) is 0 Å². The smallest absolute Gasteiger partial charge is 0.248 e. The lowest BCUT2D eigenvalue weighted by atomic mass is 10.0. The summed E-state index contributed by atoms with van der Waals surface area (Å²) in [5.41, 5.74) is 3.25. The molecule has 1 aromatic carbocycles. The van der Waals surface area contributed by atoms with Crippen LogP contribution in [-0.4, -0.2) is 17.3 Å². The van der Waals surface area contributed by atoms with Crippen molar-refractivity contribution in [1.29, 1.82) is 0 Å². The molecule has 0 saturated heterocycles. The Bertz CT molecular complexity index is 826. The maximum atomic E-state index is 11.4. The number of pyridine rings is 1. The summed E-state index contributed by atoms with van der Waals surface area (Å²) in [6.07, 6.45) is 0. The minimum absolute atomic E-state index is 0.135. The molecule has 5 heteroatoms. The van der Waals surface area contributed by atoms with Crippen LogP contribution in [0, 0.1) is 13.8 Å². The number of benzene rings is 1. The Morgan fingerprint density at radius 3 is 2.70 bits per heavy atom. The van der Waals surface area contributed by atoms with Gasteiger partial charge in [0, 0.05) is 17.7 Å². The van der Waals surface area contributed by atoms with Crippen molar-refractivity contribution in [3.8, 4) is 16.9 Å². The van der Waals surface area contributed by atoms with Crippen LogP contribution < -0.4 is 10.3 Å². The molecule has 0 aliphatic rings. The standard InChI is InChI=1S/C15H14N2O3/c1-8-15(9(2)20-17-8)11-6-10-4-5-14(18)16-12(10)7-13(11)19-3/h4-7H,1-3H3,(H,16,18). The van der Waals surface area contributed by atoms with Gasteiger partial charge < -0.3 is 14.2 Å². The molecular formula is C15H14N2O3. The van der Waals surface area contributed by atoms with Crippen LogP contribution in [0.1, 0.15) is 11.5 Å². The van der Waals surface area contributed by atoms with Crippen LogP contribution in [0.25, 0.3) is 22.0 Å². The summed E-state index contributed by atoms with van der Waals surface area (Å²) in [7, 11) is 1.60. The topological polar surface area (TPSA) is 68.1 Å². The first kappa shape index (κ1) is 12.5. The van der Waals surface area contributed by atoms with Gasteiger partial charge in [-0.25, -0.2) is 0 Å². The van der Waals surface area contributed by atoms with Crippen LogP contribution in [0.4, 0.5) is 0 Å². The number of ether oxygens (including phenoxy) is 1. The molecule has 0 bridgehead atoms. The van der Waals surface area contributed by atoms with Crippen molar-refractivity contribution in [2.45, 2.75) is 13.8 Å². The zero-order chi connectivity index (χ0) is 14.3. The zero-order valence-electron chi connectivity index (χ0n) is 11.5. The quantitative estimate of drug-likeness (QED) is 0.777. The second-order valence-electron chi connectivity index (χ2n) is 4.66. The molecule has 0 saturated carbocycles. The molecule has 0 amide bonds. The summed E-state index contributed by atoms with van der Waals surface area (Å²) in [6, 6.07) is 7.08. The van der Waals surface area contributed by atoms with Gasteiger partial charge in [0.05, 0.1) is 23.9 Å². The number of H-pyrrole nitrogens is 1. The van der Waals surface area contributed by atoms with Crippen LogP contribution in [0.15, 0.2) is 33.6 Å². The summed E-state index contributed by atoms with van der Waals surface area (Å²) >= 11 is 0. The van der Waals surface area contributed by atoms with Gasteiger partial charge in [-0.15, -0.1) is 0 Å². The van der Waals surface area contributed by atoms with Crippen molar-refractivity contribution < 1.29 is 9.26 Å². The van der Waals surface area contributed by atoms with E-state index in [9.17, 15) is 4.79 Å². The lowest BCUT2D eigenvalue weighted by Crippen LogP contribution is -2.02. The normalized spacial score (nSPS) is 10.9. The van der Waals surface area contributed by atoms with E-state index in [-0.39, 0.29) is 5.56 Å². The van der Waals surface area contributed by atoms with E-state index in [2.05, 4.69) is 10.1 Å². The second kappa shape index (κ2) is 4.52. The first-order chi connectivity index (χ1) is 9.60. The lowest BCUT2D eigenvalue weighted by Gasteiger charge is -2.10. The molecule has 102 valence electrons. The van der Waals surface area contributed by atoms with E-state index in [4.69, 9.17) is 9.26 Å². The molecule has 0 radical (unpaired) electrons. The van der Waals surface area contributed by atoms with Crippen LogP contribution in [0.2, 0.25) is 0 Å². The highest BCUT2D eigenvalue weighted by atomic mass is 16.5. The SMILES string of the molecule is COc1cc2[nH]c(=O)ccc2cc1-c1c(C)noc1C. The van der Waals surface area contributed by atoms with E-state index in [0.717, 1.165) is 33.5 Å². The van der Waals surface area contributed by atoms with Crippen LogP contribution in [0.3, 0.4) is 0 Å². The molecule has 0 atom stereocenters. The van der Waals surface area contributed by atoms with Gasteiger partial charge in [0.25, 0.3) is 0 Å². The first-order valence-corrected chi connectivity index (χ1v) is 6.24. The summed E-state index contributed by atoms with van der Waals surface area (Å²) in [5, 5.41) is 4.90. The third-order valence-corrected chi connectivity index (χ3v) is 3.35. The molecule has 3 rings (SSSR count). The number of aromatic amines is 1. The molecule has 2 heterocycles. The Kier molecular flexibility index (Phi) is 2.82. The number of aromatic nitrogens is 2. The van der Waals surface area contributed by atoms with Crippen molar-refractivity contribution in [2.75, 3.05) is 7.11 Å². The van der Waals surface area contributed by atoms with E-state index < -0.39 is 0 Å². The van der Waals surface area contributed by atoms with Crippen molar-refractivity contribution >= 4 is 10.9 Å². The highest BCUT2D eigenvalue weighted by Crippen LogP contribution is 2.36. The number of fused-ring (bicyclic) bond motifs is 1. The summed E-state index contributed by atoms with van der Waals surface area (Å²) in [6.45, 7) is 3.76. The molecule has 1 N–H and O–H groups in total. The largest absolute Gasteiger partial charge is 0.496 e. The fraction of sp³-hybridized carbons (Fsp3) is 0.200. The average molecular weight is 270 g/mol.